The summed E-state index contributed by atoms with van der Waals surface area (Å²) in [7, 11) is 0. The van der Waals surface area contributed by atoms with Crippen molar-refractivity contribution in [2.24, 2.45) is 0 Å². The van der Waals surface area contributed by atoms with Gasteiger partial charge in [0.15, 0.2) is 0 Å². The fraction of sp³-hybridized carbons (Fsp3) is 0. The van der Waals surface area contributed by atoms with E-state index in [0.717, 1.165) is 0 Å². The molecular formula is C34H28. The van der Waals surface area contributed by atoms with Crippen LogP contribution in [0.3, 0.4) is 0 Å². The first-order valence-corrected chi connectivity index (χ1v) is 11.5. The Morgan fingerprint density at radius 1 is 0.353 bits per heavy atom. The van der Waals surface area contributed by atoms with E-state index in [4.69, 9.17) is 0 Å². The number of benzene rings is 5. The first-order chi connectivity index (χ1) is 16.9. The van der Waals surface area contributed by atoms with Crippen molar-refractivity contribution in [1.29, 1.82) is 0 Å². The number of hydrogen-bond acceptors (Lipinski definition) is 0. The van der Waals surface area contributed by atoms with Crippen molar-refractivity contribution in [1.82, 2.24) is 0 Å². The van der Waals surface area contributed by atoms with Crippen LogP contribution in [0.25, 0.3) is 17.2 Å². The van der Waals surface area contributed by atoms with Crippen molar-refractivity contribution in [2.45, 2.75) is 0 Å². The Morgan fingerprint density at radius 2 is 0.588 bits per heavy atom. The lowest BCUT2D eigenvalue weighted by atomic mass is 9.86. The highest BCUT2D eigenvalue weighted by atomic mass is 14.2. The zero-order valence-corrected chi connectivity index (χ0v) is 19.2. The van der Waals surface area contributed by atoms with Crippen LogP contribution in [0.2, 0.25) is 0 Å². The summed E-state index contributed by atoms with van der Waals surface area (Å²) in [5.41, 5.74) is 8.57. The van der Waals surface area contributed by atoms with E-state index in [0.29, 0.717) is 0 Å². The Morgan fingerprint density at radius 3 is 0.794 bits per heavy atom. The molecule has 5 aromatic carbocycles. The van der Waals surface area contributed by atoms with E-state index in [2.05, 4.69) is 128 Å². The van der Waals surface area contributed by atoms with Gasteiger partial charge in [0.25, 0.3) is 0 Å². The Labute approximate surface area is 203 Å². The van der Waals surface area contributed by atoms with Gasteiger partial charge in [-0.25, -0.2) is 0 Å². The third-order valence-electron chi connectivity index (χ3n) is 5.54. The normalized spacial score (nSPS) is 9.88. The maximum absolute atomic E-state index is 3.63. The van der Waals surface area contributed by atoms with Crippen LogP contribution in [0.4, 0.5) is 0 Å². The van der Waals surface area contributed by atoms with Crippen LogP contribution >= 0.6 is 0 Å². The van der Waals surface area contributed by atoms with Gasteiger partial charge in [-0.1, -0.05) is 164 Å². The summed E-state index contributed by atoms with van der Waals surface area (Å²) in [6.07, 6.45) is 1.83. The third kappa shape index (κ3) is 5.88. The van der Waals surface area contributed by atoms with E-state index < -0.39 is 0 Å². The summed E-state index contributed by atoms with van der Waals surface area (Å²) >= 11 is 0. The molecule has 0 radical (unpaired) electrons. The minimum absolute atomic E-state index is 1.17. The maximum Gasteiger partial charge on any atom is -0.00268 e. The Bertz CT molecular complexity index is 1130. The summed E-state index contributed by atoms with van der Waals surface area (Å²) in [5, 5.41) is 0. The Hall–Kier alpha value is -4.42. The van der Waals surface area contributed by atoms with Crippen molar-refractivity contribution >= 4 is 17.2 Å². The lowest BCUT2D eigenvalue weighted by Crippen LogP contribution is -1.97. The summed E-state index contributed by atoms with van der Waals surface area (Å²) in [5.74, 6) is 0. The quantitative estimate of drug-likeness (QED) is 0.241. The summed E-state index contributed by atoms with van der Waals surface area (Å²) in [6.45, 7) is 3.63. The van der Waals surface area contributed by atoms with Crippen LogP contribution < -0.4 is 0 Å². The van der Waals surface area contributed by atoms with Crippen LogP contribution in [0.1, 0.15) is 27.8 Å². The molecular weight excluding hydrogens is 408 g/mol. The van der Waals surface area contributed by atoms with Crippen molar-refractivity contribution in [3.05, 3.63) is 186 Å². The van der Waals surface area contributed by atoms with Gasteiger partial charge in [0, 0.05) is 0 Å². The molecule has 0 nitrogen and oxygen atoms in total. The molecule has 0 heteroatoms. The van der Waals surface area contributed by atoms with E-state index in [1.54, 1.807) is 0 Å². The van der Waals surface area contributed by atoms with Crippen molar-refractivity contribution in [2.75, 3.05) is 0 Å². The number of rotatable bonds is 5. The molecule has 0 fully saturated rings. The highest BCUT2D eigenvalue weighted by molar-refractivity contribution is 6.04. The second-order valence-electron chi connectivity index (χ2n) is 7.83. The van der Waals surface area contributed by atoms with Gasteiger partial charge in [0.2, 0.25) is 0 Å². The fourth-order valence-corrected chi connectivity index (χ4v) is 3.92. The summed E-state index contributed by atoms with van der Waals surface area (Å²) in [4.78, 5) is 0. The molecule has 0 N–H and O–H groups in total. The monoisotopic (exact) mass is 436 g/mol. The third-order valence-corrected chi connectivity index (χ3v) is 5.54. The number of hydrogen-bond donors (Lipinski definition) is 0. The van der Waals surface area contributed by atoms with Gasteiger partial charge in [-0.2, -0.15) is 0 Å². The molecule has 0 aliphatic carbocycles. The Balaban J connectivity index is 0.000000291. The van der Waals surface area contributed by atoms with Gasteiger partial charge in [-0.15, -0.1) is 0 Å². The highest BCUT2D eigenvalue weighted by Gasteiger charge is 2.15. The lowest BCUT2D eigenvalue weighted by Gasteiger charge is -2.18. The standard InChI is InChI=1S/C26H20.C8H8/c1-5-13-21(14-6-1)25(22-15-7-2-8-16-22)26(23-17-9-3-10-18-23)24-19-11-4-12-20-24;1-2-8-6-4-3-5-7-8/h1-20H;2-7H,1H2. The van der Waals surface area contributed by atoms with Crippen molar-refractivity contribution in [3.63, 3.8) is 0 Å². The summed E-state index contributed by atoms with van der Waals surface area (Å²) in [6, 6.07) is 52.6. The van der Waals surface area contributed by atoms with Gasteiger partial charge >= 0.3 is 0 Å². The predicted molar refractivity (Wildman–Crippen MR) is 147 cm³/mol. The molecule has 0 amide bonds. The van der Waals surface area contributed by atoms with Crippen LogP contribution in [-0.4, -0.2) is 0 Å². The van der Waals surface area contributed by atoms with Gasteiger partial charge < -0.3 is 0 Å². The SMILES string of the molecule is C=Cc1ccccc1.c1ccc(C(=C(c2ccccc2)c2ccccc2)c2ccccc2)cc1. The van der Waals surface area contributed by atoms with Crippen molar-refractivity contribution < 1.29 is 0 Å². The molecule has 0 bridgehead atoms. The lowest BCUT2D eigenvalue weighted by molar-refractivity contribution is 1.50. The average molecular weight is 437 g/mol. The molecule has 0 atom stereocenters. The van der Waals surface area contributed by atoms with E-state index in [-0.39, 0.29) is 0 Å². The largest absolute Gasteiger partial charge is 0.0985 e. The topological polar surface area (TPSA) is 0 Å². The molecule has 0 spiro atoms. The fourth-order valence-electron chi connectivity index (χ4n) is 3.92. The highest BCUT2D eigenvalue weighted by Crippen LogP contribution is 2.36. The smallest absolute Gasteiger partial charge is 0.00268 e. The van der Waals surface area contributed by atoms with Crippen LogP contribution in [0.5, 0.6) is 0 Å². The predicted octanol–water partition coefficient (Wildman–Crippen LogP) is 9.02. The van der Waals surface area contributed by atoms with Gasteiger partial charge in [0.1, 0.15) is 0 Å². The van der Waals surface area contributed by atoms with E-state index in [1.807, 2.05) is 36.4 Å². The molecule has 0 heterocycles. The second-order valence-corrected chi connectivity index (χ2v) is 7.83. The molecule has 34 heavy (non-hydrogen) atoms. The molecule has 5 aromatic rings. The first kappa shape index (κ1) is 22.8. The maximum atomic E-state index is 3.63. The van der Waals surface area contributed by atoms with Crippen LogP contribution in [-0.2, 0) is 0 Å². The first-order valence-electron chi connectivity index (χ1n) is 11.5. The van der Waals surface area contributed by atoms with E-state index >= 15 is 0 Å². The molecule has 0 saturated carbocycles. The average Bonchev–Trinajstić information content (AvgIpc) is 2.94. The molecule has 0 aliphatic heterocycles. The Kier molecular flexibility index (Phi) is 8.03. The molecule has 164 valence electrons. The van der Waals surface area contributed by atoms with Crippen molar-refractivity contribution in [3.8, 4) is 0 Å². The molecule has 0 unspecified atom stereocenters. The van der Waals surface area contributed by atoms with E-state index in [1.165, 1.54) is 39.0 Å². The molecule has 5 rings (SSSR count). The molecule has 0 saturated heterocycles. The summed E-state index contributed by atoms with van der Waals surface area (Å²) < 4.78 is 0. The van der Waals surface area contributed by atoms with Crippen LogP contribution in [0, 0.1) is 0 Å². The van der Waals surface area contributed by atoms with Crippen LogP contribution in [0.15, 0.2) is 158 Å². The zero-order chi connectivity index (χ0) is 23.4. The minimum Gasteiger partial charge on any atom is -0.0985 e. The minimum atomic E-state index is 1.17. The zero-order valence-electron chi connectivity index (χ0n) is 19.2. The molecule has 0 aliphatic rings. The van der Waals surface area contributed by atoms with E-state index in [9.17, 15) is 0 Å². The molecule has 0 aromatic heterocycles. The second kappa shape index (κ2) is 12.0. The van der Waals surface area contributed by atoms with Gasteiger partial charge in [-0.05, 0) is 39.0 Å². The van der Waals surface area contributed by atoms with Gasteiger partial charge in [0.05, 0.1) is 0 Å². The van der Waals surface area contributed by atoms with Gasteiger partial charge in [-0.3, -0.25) is 0 Å².